The first-order chi connectivity index (χ1) is 19.4. The lowest BCUT2D eigenvalue weighted by Crippen LogP contribution is -2.54. The van der Waals surface area contributed by atoms with Gasteiger partial charge >= 0.3 is 12.1 Å². The Labute approximate surface area is 248 Å². The summed E-state index contributed by atoms with van der Waals surface area (Å²) >= 11 is 0. The molecule has 1 aromatic carbocycles. The third-order valence-corrected chi connectivity index (χ3v) is 9.10. The molecule has 1 aromatic rings. The largest absolute Gasteiger partial charge is 0.477 e. The summed E-state index contributed by atoms with van der Waals surface area (Å²) in [5.74, 6) is -0.479. The van der Waals surface area contributed by atoms with Crippen molar-refractivity contribution in [1.82, 2.24) is 14.7 Å². The van der Waals surface area contributed by atoms with Crippen LogP contribution in [0.3, 0.4) is 0 Å². The normalized spacial score (nSPS) is 25.0. The number of hydrogen-bond donors (Lipinski definition) is 1. The molecule has 1 aliphatic carbocycles. The van der Waals surface area contributed by atoms with Gasteiger partial charge < -0.3 is 14.9 Å². The summed E-state index contributed by atoms with van der Waals surface area (Å²) in [5.41, 5.74) is 0.0502. The van der Waals surface area contributed by atoms with Crippen molar-refractivity contribution in [2.24, 2.45) is 21.7 Å². The third-order valence-electron chi connectivity index (χ3n) is 9.10. The van der Waals surface area contributed by atoms with Crippen molar-refractivity contribution in [3.8, 4) is 0 Å². The molecule has 1 saturated heterocycles. The number of aliphatic imine (C=N–C) groups is 1. The van der Waals surface area contributed by atoms with Gasteiger partial charge in [-0.1, -0.05) is 53.7 Å². The maximum atomic E-state index is 14.4. The van der Waals surface area contributed by atoms with Crippen LogP contribution in [0.25, 0.3) is 0 Å². The Bertz CT molecular complexity index is 1150. The zero-order valence-electron chi connectivity index (χ0n) is 25.8. The van der Waals surface area contributed by atoms with Gasteiger partial charge in [0.05, 0.1) is 12.6 Å². The van der Waals surface area contributed by atoms with E-state index >= 15 is 0 Å². The fourth-order valence-corrected chi connectivity index (χ4v) is 6.61. The highest BCUT2D eigenvalue weighted by Crippen LogP contribution is 2.50. The van der Waals surface area contributed by atoms with Gasteiger partial charge in [0.2, 0.25) is 0 Å². The molecule has 3 aliphatic rings. The molecule has 1 N–H and O–H groups in total. The highest BCUT2D eigenvalue weighted by Gasteiger charge is 2.54. The molecule has 2 heterocycles. The van der Waals surface area contributed by atoms with Gasteiger partial charge in [-0.3, -0.25) is 9.69 Å². The second-order valence-electron chi connectivity index (χ2n) is 14.5. The third kappa shape index (κ3) is 7.39. The molecule has 232 valence electrons. The smallest absolute Gasteiger partial charge is 0.401 e. The molecule has 2 fully saturated rings. The van der Waals surface area contributed by atoms with E-state index in [2.05, 4.69) is 53.7 Å². The van der Waals surface area contributed by atoms with E-state index in [0.29, 0.717) is 49.7 Å². The van der Waals surface area contributed by atoms with Crippen LogP contribution in [0.15, 0.2) is 17.1 Å². The fourth-order valence-electron chi connectivity index (χ4n) is 6.61. The lowest BCUT2D eigenvalue weighted by molar-refractivity contribution is -0.148. The van der Waals surface area contributed by atoms with E-state index < -0.39 is 30.4 Å². The number of carboxylic acid groups (broad SMARTS) is 1. The Morgan fingerprint density at radius 1 is 1.05 bits per heavy atom. The molecule has 1 unspecified atom stereocenters. The SMILES string of the molecule is CC(C)(C)CCC(c1c#cc(C(=O)O)cc1)N1C(=O)C(N2CCN(CC(F)(F)F)CC2)=NC12CCC(C(C)(C)C)CC2. The number of carboxylic acids is 1. The van der Waals surface area contributed by atoms with Crippen LogP contribution in [0, 0.1) is 28.9 Å². The topological polar surface area (TPSA) is 76.5 Å². The molecule has 1 spiro atoms. The molecular formula is C32H45F3N4O3. The first kappa shape index (κ1) is 32.1. The van der Waals surface area contributed by atoms with E-state index in [0.717, 1.165) is 19.3 Å². The Hall–Kier alpha value is -2.80. The number of piperazine rings is 1. The van der Waals surface area contributed by atoms with Crippen molar-refractivity contribution < 1.29 is 27.9 Å². The van der Waals surface area contributed by atoms with Gasteiger partial charge in [-0.2, -0.15) is 13.2 Å². The minimum absolute atomic E-state index is 0.00938. The highest BCUT2D eigenvalue weighted by atomic mass is 19.4. The standard InChI is InChI=1S/C32H45F3N4O3/c1-29(2,3)14-13-25(22-7-9-23(10-8-22)28(41)42)39-27(40)26(38-19-17-37(18-20-38)21-32(33,34)35)36-31(39)15-11-24(12-16-31)30(4,5)6/h7,9,24-25H,11-21H2,1-6H3,(H,41,42). The van der Waals surface area contributed by atoms with Gasteiger partial charge in [-0.15, -0.1) is 0 Å². The Balaban J connectivity index is 1.69. The van der Waals surface area contributed by atoms with Crippen molar-refractivity contribution in [1.29, 1.82) is 0 Å². The van der Waals surface area contributed by atoms with Crippen LogP contribution in [0.2, 0.25) is 0 Å². The average molecular weight is 591 g/mol. The summed E-state index contributed by atoms with van der Waals surface area (Å²) in [6.07, 6.45) is 0.384. The molecule has 1 atom stereocenters. The Kier molecular flexibility index (Phi) is 8.95. The molecule has 7 nitrogen and oxygen atoms in total. The summed E-state index contributed by atoms with van der Waals surface area (Å²) in [6, 6.07) is 8.65. The second-order valence-corrected chi connectivity index (χ2v) is 14.5. The minimum Gasteiger partial charge on any atom is -0.477 e. The van der Waals surface area contributed by atoms with Crippen LogP contribution in [-0.2, 0) is 4.79 Å². The summed E-state index contributed by atoms with van der Waals surface area (Å²) < 4.78 is 39.0. The molecule has 0 bridgehead atoms. The van der Waals surface area contributed by atoms with Crippen LogP contribution in [0.1, 0.15) is 102 Å². The number of alkyl halides is 3. The molecule has 4 rings (SSSR count). The van der Waals surface area contributed by atoms with Gasteiger partial charge in [-0.05, 0) is 67.4 Å². The molecule has 42 heavy (non-hydrogen) atoms. The van der Waals surface area contributed by atoms with E-state index in [1.54, 1.807) is 6.07 Å². The second kappa shape index (κ2) is 11.7. The first-order valence-corrected chi connectivity index (χ1v) is 15.0. The van der Waals surface area contributed by atoms with Crippen LogP contribution in [-0.4, -0.2) is 82.1 Å². The van der Waals surface area contributed by atoms with Crippen molar-refractivity contribution in [3.05, 3.63) is 35.4 Å². The predicted octanol–water partition coefficient (Wildman–Crippen LogP) is 6.21. The number of carbonyl (C=O) groups is 2. The van der Waals surface area contributed by atoms with Crippen molar-refractivity contribution in [2.75, 3.05) is 32.7 Å². The lowest BCUT2D eigenvalue weighted by atomic mass is 9.69. The number of rotatable bonds is 6. The number of amides is 1. The maximum Gasteiger partial charge on any atom is 0.401 e. The van der Waals surface area contributed by atoms with Crippen LogP contribution >= 0.6 is 0 Å². The average Bonchev–Trinajstić information content (AvgIpc) is 3.14. The number of aromatic carboxylic acids is 1. The van der Waals surface area contributed by atoms with Gasteiger partial charge in [0.25, 0.3) is 5.91 Å². The lowest BCUT2D eigenvalue weighted by Gasteiger charge is -2.47. The van der Waals surface area contributed by atoms with Crippen molar-refractivity contribution in [3.63, 3.8) is 0 Å². The summed E-state index contributed by atoms with van der Waals surface area (Å²) in [6.45, 7) is 13.2. The van der Waals surface area contributed by atoms with Gasteiger partial charge in [-0.25, -0.2) is 9.79 Å². The number of halogens is 3. The highest BCUT2D eigenvalue weighted by molar-refractivity contribution is 6.39. The van der Waals surface area contributed by atoms with E-state index in [-0.39, 0.29) is 35.4 Å². The minimum atomic E-state index is -4.26. The number of hydrogen-bond acceptors (Lipinski definition) is 5. The fraction of sp³-hybridized carbons (Fsp3) is 0.719. The summed E-state index contributed by atoms with van der Waals surface area (Å²) in [4.78, 5) is 36.3. The quantitative estimate of drug-likeness (QED) is 0.427. The Morgan fingerprint density at radius 3 is 2.14 bits per heavy atom. The van der Waals surface area contributed by atoms with E-state index in [1.165, 1.54) is 11.0 Å². The molecule has 1 amide bonds. The molecule has 0 radical (unpaired) electrons. The van der Waals surface area contributed by atoms with Crippen molar-refractivity contribution in [2.45, 2.75) is 97.9 Å². The van der Waals surface area contributed by atoms with Gasteiger partial charge in [0.1, 0.15) is 11.2 Å². The summed E-state index contributed by atoms with van der Waals surface area (Å²) in [5, 5.41) is 9.42. The predicted molar refractivity (Wildman–Crippen MR) is 155 cm³/mol. The molecule has 1 saturated carbocycles. The Morgan fingerprint density at radius 2 is 1.67 bits per heavy atom. The van der Waals surface area contributed by atoms with Crippen molar-refractivity contribution >= 4 is 17.7 Å². The van der Waals surface area contributed by atoms with Crippen LogP contribution < -0.4 is 0 Å². The molecule has 10 heteroatoms. The van der Waals surface area contributed by atoms with E-state index in [4.69, 9.17) is 4.99 Å². The maximum absolute atomic E-state index is 14.4. The van der Waals surface area contributed by atoms with Crippen LogP contribution in [0.4, 0.5) is 13.2 Å². The van der Waals surface area contributed by atoms with Crippen LogP contribution in [0.5, 0.6) is 0 Å². The number of carbonyl (C=O) groups excluding carboxylic acids is 1. The van der Waals surface area contributed by atoms with E-state index in [9.17, 15) is 27.9 Å². The zero-order valence-corrected chi connectivity index (χ0v) is 25.8. The summed E-state index contributed by atoms with van der Waals surface area (Å²) in [7, 11) is 0. The van der Waals surface area contributed by atoms with Gasteiger partial charge in [0, 0.05) is 31.7 Å². The van der Waals surface area contributed by atoms with Gasteiger partial charge in [0.15, 0.2) is 5.84 Å². The molecule has 0 aromatic heterocycles. The number of nitrogens with zero attached hydrogens (tertiary/aromatic N) is 4. The molecular weight excluding hydrogens is 545 g/mol. The zero-order chi connectivity index (χ0) is 31.1. The van der Waals surface area contributed by atoms with E-state index in [1.807, 2.05) is 9.80 Å². The first-order valence-electron chi connectivity index (χ1n) is 15.0. The molecule has 2 aliphatic heterocycles. The monoisotopic (exact) mass is 590 g/mol. The number of amidine groups is 1.